The van der Waals surface area contributed by atoms with Gasteiger partial charge in [-0.2, -0.15) is 0 Å². The highest BCUT2D eigenvalue weighted by Gasteiger charge is 2.20. The van der Waals surface area contributed by atoms with Crippen LogP contribution < -0.4 is 0 Å². The number of hydrogen-bond donors (Lipinski definition) is 0. The fourth-order valence-corrected chi connectivity index (χ4v) is 8.59. The summed E-state index contributed by atoms with van der Waals surface area (Å²) in [4.78, 5) is 25.1. The minimum atomic E-state index is -0.332. The van der Waals surface area contributed by atoms with E-state index in [1.807, 2.05) is 13.8 Å². The molecule has 0 bridgehead atoms. The Balaban J connectivity index is 4.26. The first-order valence-corrected chi connectivity index (χ1v) is 27.6. The summed E-state index contributed by atoms with van der Waals surface area (Å²) in [6.45, 7) is 14.6. The van der Waals surface area contributed by atoms with Gasteiger partial charge in [0.05, 0.1) is 31.7 Å². The highest BCUT2D eigenvalue weighted by molar-refractivity contribution is 5.77. The van der Waals surface area contributed by atoms with E-state index in [9.17, 15) is 9.59 Å². The van der Waals surface area contributed by atoms with Gasteiger partial charge in [-0.1, -0.05) is 259 Å². The van der Waals surface area contributed by atoms with E-state index < -0.39 is 0 Å². The van der Waals surface area contributed by atoms with Gasteiger partial charge in [0.25, 0.3) is 0 Å². The molecular formula is C56H110O5. The third-order valence-corrected chi connectivity index (χ3v) is 13.1. The van der Waals surface area contributed by atoms with E-state index in [4.69, 9.17) is 14.2 Å². The molecule has 0 aromatic carbocycles. The van der Waals surface area contributed by atoms with Gasteiger partial charge in [0, 0.05) is 13.0 Å². The van der Waals surface area contributed by atoms with Gasteiger partial charge in [-0.25, -0.2) is 0 Å². The molecular weight excluding hydrogens is 753 g/mol. The van der Waals surface area contributed by atoms with Crippen molar-refractivity contribution >= 4 is 11.9 Å². The van der Waals surface area contributed by atoms with Crippen LogP contribution in [0.5, 0.6) is 0 Å². The van der Waals surface area contributed by atoms with Gasteiger partial charge in [0.15, 0.2) is 0 Å². The molecule has 0 fully saturated rings. The molecule has 0 atom stereocenters. The van der Waals surface area contributed by atoms with Crippen LogP contribution in [0.1, 0.15) is 311 Å². The number of hydrogen-bond acceptors (Lipinski definition) is 5. The topological polar surface area (TPSA) is 61.8 Å². The zero-order chi connectivity index (χ0) is 44.8. The number of rotatable bonds is 50. The van der Waals surface area contributed by atoms with E-state index in [0.29, 0.717) is 38.1 Å². The molecule has 0 saturated heterocycles. The average Bonchev–Trinajstić information content (AvgIpc) is 3.23. The van der Waals surface area contributed by atoms with E-state index in [1.165, 1.54) is 231 Å². The molecule has 0 heterocycles. The van der Waals surface area contributed by atoms with Crippen molar-refractivity contribution < 1.29 is 23.8 Å². The van der Waals surface area contributed by atoms with E-state index >= 15 is 0 Å². The second kappa shape index (κ2) is 46.9. The minimum absolute atomic E-state index is 0.0800. The predicted octanol–water partition coefficient (Wildman–Crippen LogP) is 18.6. The molecule has 0 aliphatic heterocycles. The van der Waals surface area contributed by atoms with E-state index in [1.54, 1.807) is 0 Å². The van der Waals surface area contributed by atoms with Gasteiger partial charge < -0.3 is 14.2 Å². The standard InChI is InChI=1S/C56H110O5/c1-7-9-11-13-15-17-19-21-23-25-27-29-31-33-35-37-39-41-43-53(44-42-40-38-36-34-32-30-28-26-24-22-20-18-16-14-12-10-8-2)51-60-55(58)46-45-54(57)59-50-48-56(5,6)61-49-47-52(3)4/h52-53H,7-51H2,1-6H3. The lowest BCUT2D eigenvalue weighted by Gasteiger charge is -2.25. The Morgan fingerprint density at radius 3 is 1.00 bits per heavy atom. The molecule has 0 rings (SSSR count). The molecule has 5 nitrogen and oxygen atoms in total. The van der Waals surface area contributed by atoms with Crippen LogP contribution in [0.15, 0.2) is 0 Å². The molecule has 0 aromatic rings. The molecule has 0 radical (unpaired) electrons. The number of carbonyl (C=O) groups excluding carboxylic acids is 2. The van der Waals surface area contributed by atoms with Crippen LogP contribution in [-0.2, 0) is 23.8 Å². The molecule has 0 N–H and O–H groups in total. The van der Waals surface area contributed by atoms with Crippen molar-refractivity contribution in [2.45, 2.75) is 317 Å². The lowest BCUT2D eigenvalue weighted by atomic mass is 9.94. The Labute approximate surface area is 382 Å². The van der Waals surface area contributed by atoms with E-state index in [0.717, 1.165) is 19.3 Å². The molecule has 0 saturated carbocycles. The predicted molar refractivity (Wildman–Crippen MR) is 266 cm³/mol. The quantitative estimate of drug-likeness (QED) is 0.0450. The highest BCUT2D eigenvalue weighted by atomic mass is 16.5. The molecule has 0 amide bonds. The number of carbonyl (C=O) groups is 2. The van der Waals surface area contributed by atoms with Gasteiger partial charge in [-0.3, -0.25) is 9.59 Å². The van der Waals surface area contributed by atoms with Crippen molar-refractivity contribution in [2.24, 2.45) is 11.8 Å². The summed E-state index contributed by atoms with van der Waals surface area (Å²) in [6, 6.07) is 0. The molecule has 364 valence electrons. The average molecular weight is 863 g/mol. The van der Waals surface area contributed by atoms with Gasteiger partial charge in [-0.15, -0.1) is 0 Å². The van der Waals surface area contributed by atoms with Crippen LogP contribution in [0.2, 0.25) is 0 Å². The Hall–Kier alpha value is -1.10. The lowest BCUT2D eigenvalue weighted by molar-refractivity contribution is -0.152. The highest BCUT2D eigenvalue weighted by Crippen LogP contribution is 2.22. The molecule has 5 heteroatoms. The summed E-state index contributed by atoms with van der Waals surface area (Å²) >= 11 is 0. The Kier molecular flexibility index (Phi) is 46.0. The summed E-state index contributed by atoms with van der Waals surface area (Å²) in [5.41, 5.74) is -0.332. The van der Waals surface area contributed by atoms with Crippen LogP contribution in [0.4, 0.5) is 0 Å². The Morgan fingerprint density at radius 2 is 0.689 bits per heavy atom. The molecule has 0 aromatic heterocycles. The smallest absolute Gasteiger partial charge is 0.306 e. The van der Waals surface area contributed by atoms with Crippen molar-refractivity contribution in [3.8, 4) is 0 Å². The summed E-state index contributed by atoms with van der Waals surface area (Å²) in [6.07, 6.45) is 54.3. The van der Waals surface area contributed by atoms with Crippen molar-refractivity contribution in [3.05, 3.63) is 0 Å². The number of esters is 2. The van der Waals surface area contributed by atoms with Crippen LogP contribution in [-0.4, -0.2) is 37.4 Å². The summed E-state index contributed by atoms with van der Waals surface area (Å²) in [5, 5.41) is 0. The number of ether oxygens (including phenoxy) is 3. The zero-order valence-corrected chi connectivity index (χ0v) is 42.5. The molecule has 0 unspecified atom stereocenters. The van der Waals surface area contributed by atoms with Crippen molar-refractivity contribution in [2.75, 3.05) is 19.8 Å². The maximum Gasteiger partial charge on any atom is 0.306 e. The summed E-state index contributed by atoms with van der Waals surface area (Å²) in [7, 11) is 0. The third-order valence-electron chi connectivity index (χ3n) is 13.1. The fourth-order valence-electron chi connectivity index (χ4n) is 8.59. The maximum atomic E-state index is 12.7. The van der Waals surface area contributed by atoms with Gasteiger partial charge in [0.1, 0.15) is 0 Å². The van der Waals surface area contributed by atoms with Gasteiger partial charge in [0.2, 0.25) is 0 Å². The third kappa shape index (κ3) is 48.2. The monoisotopic (exact) mass is 863 g/mol. The Morgan fingerprint density at radius 1 is 0.393 bits per heavy atom. The summed E-state index contributed by atoms with van der Waals surface area (Å²) < 4.78 is 17.2. The van der Waals surface area contributed by atoms with Gasteiger partial charge >= 0.3 is 11.9 Å². The first-order chi connectivity index (χ1) is 29.7. The van der Waals surface area contributed by atoms with E-state index in [-0.39, 0.29) is 30.4 Å². The van der Waals surface area contributed by atoms with Crippen LogP contribution >= 0.6 is 0 Å². The minimum Gasteiger partial charge on any atom is -0.466 e. The normalized spacial score (nSPS) is 11.9. The van der Waals surface area contributed by atoms with Crippen molar-refractivity contribution in [1.29, 1.82) is 0 Å². The SMILES string of the molecule is CCCCCCCCCCCCCCCCCCCCC(CCCCCCCCCCCCCCCCCCCC)COC(=O)CCC(=O)OCCC(C)(C)OCCC(C)C. The fraction of sp³-hybridized carbons (Fsp3) is 0.964. The summed E-state index contributed by atoms with van der Waals surface area (Å²) in [5.74, 6) is 0.431. The van der Waals surface area contributed by atoms with Crippen LogP contribution in [0, 0.1) is 11.8 Å². The van der Waals surface area contributed by atoms with Crippen LogP contribution in [0.25, 0.3) is 0 Å². The van der Waals surface area contributed by atoms with Crippen molar-refractivity contribution in [3.63, 3.8) is 0 Å². The second-order valence-electron chi connectivity index (χ2n) is 20.4. The molecule has 0 aliphatic rings. The number of unbranched alkanes of at least 4 members (excludes halogenated alkanes) is 34. The Bertz CT molecular complexity index is 859. The van der Waals surface area contributed by atoms with Crippen LogP contribution in [0.3, 0.4) is 0 Å². The van der Waals surface area contributed by atoms with Crippen molar-refractivity contribution in [1.82, 2.24) is 0 Å². The van der Waals surface area contributed by atoms with Gasteiger partial charge in [-0.05, 0) is 44.9 Å². The van der Waals surface area contributed by atoms with E-state index in [2.05, 4.69) is 27.7 Å². The zero-order valence-electron chi connectivity index (χ0n) is 42.5. The molecule has 61 heavy (non-hydrogen) atoms. The lowest BCUT2D eigenvalue weighted by Crippen LogP contribution is -2.28. The second-order valence-corrected chi connectivity index (χ2v) is 20.4. The largest absolute Gasteiger partial charge is 0.466 e. The molecule has 0 spiro atoms. The first kappa shape index (κ1) is 59.9. The molecule has 0 aliphatic carbocycles. The first-order valence-electron chi connectivity index (χ1n) is 27.6. The maximum absolute atomic E-state index is 12.7.